The van der Waals surface area contributed by atoms with Gasteiger partial charge >= 0.3 is 0 Å². The molecular formula is C13H7Br2Cl2F. The molecule has 2 aromatic rings. The summed E-state index contributed by atoms with van der Waals surface area (Å²) in [6.45, 7) is 0. The number of benzene rings is 2. The third kappa shape index (κ3) is 2.90. The third-order valence-electron chi connectivity index (χ3n) is 2.49. The van der Waals surface area contributed by atoms with Crippen molar-refractivity contribution in [2.45, 2.75) is 4.83 Å². The van der Waals surface area contributed by atoms with Crippen LogP contribution in [0.4, 0.5) is 4.39 Å². The van der Waals surface area contributed by atoms with Crippen molar-refractivity contribution in [2.75, 3.05) is 0 Å². The van der Waals surface area contributed by atoms with Crippen molar-refractivity contribution in [1.82, 2.24) is 0 Å². The first-order valence-corrected chi connectivity index (χ1v) is 7.50. The molecule has 0 nitrogen and oxygen atoms in total. The van der Waals surface area contributed by atoms with Gasteiger partial charge in [-0.3, -0.25) is 0 Å². The van der Waals surface area contributed by atoms with E-state index < -0.39 is 0 Å². The van der Waals surface area contributed by atoms with Crippen molar-refractivity contribution in [3.8, 4) is 0 Å². The molecule has 0 aliphatic heterocycles. The average Bonchev–Trinajstić information content (AvgIpc) is 2.32. The lowest BCUT2D eigenvalue weighted by Crippen LogP contribution is -1.96. The van der Waals surface area contributed by atoms with E-state index >= 15 is 0 Å². The van der Waals surface area contributed by atoms with E-state index in [-0.39, 0.29) is 10.6 Å². The second-order valence-electron chi connectivity index (χ2n) is 3.67. The summed E-state index contributed by atoms with van der Waals surface area (Å²) < 4.78 is 13.6. The van der Waals surface area contributed by atoms with Crippen LogP contribution in [0.15, 0.2) is 40.9 Å². The van der Waals surface area contributed by atoms with Gasteiger partial charge in [0, 0.05) is 15.6 Å². The van der Waals surface area contributed by atoms with E-state index in [9.17, 15) is 4.39 Å². The summed E-state index contributed by atoms with van der Waals surface area (Å²) >= 11 is 19.0. The molecule has 0 aliphatic carbocycles. The Morgan fingerprint density at radius 2 is 1.67 bits per heavy atom. The van der Waals surface area contributed by atoms with E-state index in [0.717, 1.165) is 11.1 Å². The van der Waals surface area contributed by atoms with Gasteiger partial charge in [0.05, 0.1) is 9.30 Å². The first-order valence-electron chi connectivity index (χ1n) is 5.03. The van der Waals surface area contributed by atoms with Crippen molar-refractivity contribution in [3.05, 3.63) is 67.9 Å². The fourth-order valence-corrected chi connectivity index (χ4v) is 3.64. The molecule has 0 spiro atoms. The lowest BCUT2D eigenvalue weighted by molar-refractivity contribution is 0.620. The van der Waals surface area contributed by atoms with Crippen LogP contribution in [0.25, 0.3) is 0 Å². The van der Waals surface area contributed by atoms with Gasteiger partial charge in [-0.25, -0.2) is 4.39 Å². The first-order chi connectivity index (χ1) is 8.50. The highest BCUT2D eigenvalue weighted by molar-refractivity contribution is 9.10. The van der Waals surface area contributed by atoms with Crippen LogP contribution in [0.2, 0.25) is 10.0 Å². The zero-order chi connectivity index (χ0) is 13.3. The molecule has 18 heavy (non-hydrogen) atoms. The second kappa shape index (κ2) is 5.91. The van der Waals surface area contributed by atoms with Gasteiger partial charge in [0.15, 0.2) is 0 Å². The number of rotatable bonds is 2. The van der Waals surface area contributed by atoms with Gasteiger partial charge in [-0.1, -0.05) is 51.3 Å². The van der Waals surface area contributed by atoms with E-state index in [1.807, 2.05) is 0 Å². The molecule has 1 atom stereocenters. The van der Waals surface area contributed by atoms with Gasteiger partial charge in [0.1, 0.15) is 5.82 Å². The lowest BCUT2D eigenvalue weighted by atomic mass is 10.0. The molecule has 0 saturated carbocycles. The molecule has 2 aromatic carbocycles. The van der Waals surface area contributed by atoms with Gasteiger partial charge in [-0.05, 0) is 45.8 Å². The van der Waals surface area contributed by atoms with Crippen LogP contribution < -0.4 is 0 Å². The van der Waals surface area contributed by atoms with E-state index in [1.165, 1.54) is 6.07 Å². The van der Waals surface area contributed by atoms with Crippen LogP contribution in [0.5, 0.6) is 0 Å². The predicted molar refractivity (Wildman–Crippen MR) is 81.3 cm³/mol. The molecule has 0 aliphatic rings. The molecule has 0 radical (unpaired) electrons. The summed E-state index contributed by atoms with van der Waals surface area (Å²) in [5.74, 6) is -0.302. The molecule has 0 amide bonds. The Morgan fingerprint density at radius 3 is 2.22 bits per heavy atom. The van der Waals surface area contributed by atoms with E-state index in [1.54, 1.807) is 30.3 Å². The monoisotopic (exact) mass is 410 g/mol. The quantitative estimate of drug-likeness (QED) is 0.502. The predicted octanol–water partition coefficient (Wildman–Crippen LogP) is 6.38. The van der Waals surface area contributed by atoms with Crippen molar-refractivity contribution < 1.29 is 4.39 Å². The Hall–Kier alpha value is -0.0900. The number of halogens is 5. The number of alkyl halides is 1. The molecule has 0 fully saturated rings. The highest BCUT2D eigenvalue weighted by atomic mass is 79.9. The van der Waals surface area contributed by atoms with Gasteiger partial charge < -0.3 is 0 Å². The fourth-order valence-electron chi connectivity index (χ4n) is 1.59. The molecule has 0 heterocycles. The summed E-state index contributed by atoms with van der Waals surface area (Å²) in [5, 5.41) is 1.15. The van der Waals surface area contributed by atoms with Crippen molar-refractivity contribution in [2.24, 2.45) is 0 Å². The van der Waals surface area contributed by atoms with Gasteiger partial charge in [0.2, 0.25) is 0 Å². The van der Waals surface area contributed by atoms with Gasteiger partial charge in [0.25, 0.3) is 0 Å². The normalized spacial score (nSPS) is 12.5. The minimum Gasteiger partial charge on any atom is -0.206 e. The summed E-state index contributed by atoms with van der Waals surface area (Å²) in [4.78, 5) is -0.185. The molecule has 0 N–H and O–H groups in total. The van der Waals surface area contributed by atoms with Crippen LogP contribution in [0.3, 0.4) is 0 Å². The van der Waals surface area contributed by atoms with E-state index in [4.69, 9.17) is 23.2 Å². The summed E-state index contributed by atoms with van der Waals surface area (Å²) in [7, 11) is 0. The highest BCUT2D eigenvalue weighted by Gasteiger charge is 2.18. The maximum atomic E-state index is 13.2. The van der Waals surface area contributed by atoms with Gasteiger partial charge in [-0.15, -0.1) is 0 Å². The average molecular weight is 413 g/mol. The zero-order valence-electron chi connectivity index (χ0n) is 8.93. The van der Waals surface area contributed by atoms with Crippen molar-refractivity contribution in [1.29, 1.82) is 0 Å². The second-order valence-corrected chi connectivity index (χ2v) is 6.26. The molecule has 5 heteroatoms. The van der Waals surface area contributed by atoms with Crippen LogP contribution in [0.1, 0.15) is 16.0 Å². The smallest absolute Gasteiger partial charge is 0.137 e. The molecule has 0 bridgehead atoms. The first kappa shape index (κ1) is 14.3. The SMILES string of the molecule is Fc1ccc(C(Br)c2c(Cl)cccc2Cl)cc1Br. The summed E-state index contributed by atoms with van der Waals surface area (Å²) in [6, 6.07) is 10.1. The summed E-state index contributed by atoms with van der Waals surface area (Å²) in [6.07, 6.45) is 0. The van der Waals surface area contributed by atoms with E-state index in [2.05, 4.69) is 31.9 Å². The largest absolute Gasteiger partial charge is 0.206 e. The zero-order valence-corrected chi connectivity index (χ0v) is 13.6. The third-order valence-corrected chi connectivity index (χ3v) is 4.74. The Labute approximate surface area is 131 Å². The number of hydrogen-bond donors (Lipinski definition) is 0. The van der Waals surface area contributed by atoms with Crippen LogP contribution in [-0.4, -0.2) is 0 Å². The van der Waals surface area contributed by atoms with E-state index in [0.29, 0.717) is 14.5 Å². The Bertz CT molecular complexity index is 567. The molecular weight excluding hydrogens is 406 g/mol. The van der Waals surface area contributed by atoms with Crippen molar-refractivity contribution in [3.63, 3.8) is 0 Å². The minimum absolute atomic E-state index is 0.185. The molecule has 94 valence electrons. The maximum Gasteiger partial charge on any atom is 0.137 e. The van der Waals surface area contributed by atoms with Crippen LogP contribution in [-0.2, 0) is 0 Å². The summed E-state index contributed by atoms with van der Waals surface area (Å²) in [5.41, 5.74) is 1.65. The Morgan fingerprint density at radius 1 is 1.06 bits per heavy atom. The maximum absolute atomic E-state index is 13.2. The minimum atomic E-state index is -0.302. The Balaban J connectivity index is 2.48. The van der Waals surface area contributed by atoms with Crippen molar-refractivity contribution >= 4 is 55.1 Å². The highest BCUT2D eigenvalue weighted by Crippen LogP contribution is 2.40. The standard InChI is InChI=1S/C13H7Br2Cl2F/c14-8-6-7(4-5-11(8)18)13(15)12-9(16)2-1-3-10(12)17/h1-6,13H. The Kier molecular flexibility index (Phi) is 4.70. The van der Waals surface area contributed by atoms with Gasteiger partial charge in [-0.2, -0.15) is 0 Å². The molecule has 0 saturated heterocycles. The molecule has 1 unspecified atom stereocenters. The lowest BCUT2D eigenvalue weighted by Gasteiger charge is -2.14. The topological polar surface area (TPSA) is 0 Å². The van der Waals surface area contributed by atoms with Crippen LogP contribution in [0, 0.1) is 5.82 Å². The van der Waals surface area contributed by atoms with Crippen LogP contribution >= 0.6 is 55.1 Å². The molecule has 2 rings (SSSR count). The fraction of sp³-hybridized carbons (Fsp3) is 0.0769. The number of hydrogen-bond acceptors (Lipinski definition) is 0. The molecule has 0 aromatic heterocycles.